The molecule has 7 heteroatoms. The van der Waals surface area contributed by atoms with Gasteiger partial charge in [-0.25, -0.2) is 0 Å². The monoisotopic (exact) mass is 446 g/mol. The largest absolute Gasteiger partial charge is 0.461 e. The van der Waals surface area contributed by atoms with Crippen LogP contribution in [0.1, 0.15) is 30.2 Å². The molecule has 0 N–H and O–H groups in total. The first-order chi connectivity index (χ1) is 15.7. The number of hydrogen-bond acceptors (Lipinski definition) is 5. The molecule has 0 saturated heterocycles. The molecule has 2 aromatic carbocycles. The van der Waals surface area contributed by atoms with Crippen molar-refractivity contribution in [2.45, 2.75) is 30.8 Å². The number of amides is 1. The first-order valence-corrected chi connectivity index (χ1v) is 11.6. The van der Waals surface area contributed by atoms with Crippen LogP contribution in [-0.4, -0.2) is 38.7 Å². The van der Waals surface area contributed by atoms with Gasteiger partial charge in [0.25, 0.3) is 0 Å². The van der Waals surface area contributed by atoms with E-state index in [0.29, 0.717) is 36.4 Å². The smallest absolute Gasteiger partial charge is 0.240 e. The van der Waals surface area contributed by atoms with Gasteiger partial charge in [-0.1, -0.05) is 72.4 Å². The van der Waals surface area contributed by atoms with E-state index >= 15 is 0 Å². The van der Waals surface area contributed by atoms with Gasteiger partial charge in [0.15, 0.2) is 10.9 Å². The third-order valence-corrected chi connectivity index (χ3v) is 6.49. The Morgan fingerprint density at radius 3 is 2.28 bits per heavy atom. The Balaban J connectivity index is 1.74. The molecule has 0 aliphatic carbocycles. The third-order valence-electron chi connectivity index (χ3n) is 5.27. The number of nitrogens with zero attached hydrogens (tertiary/aromatic N) is 4. The second-order valence-electron chi connectivity index (χ2n) is 7.27. The summed E-state index contributed by atoms with van der Waals surface area (Å²) in [6.07, 6.45) is 1.63. The van der Waals surface area contributed by atoms with Crippen molar-refractivity contribution in [2.75, 3.05) is 13.1 Å². The zero-order valence-corrected chi connectivity index (χ0v) is 19.0. The number of benzene rings is 2. The molecular formula is C25H26N4O2S. The van der Waals surface area contributed by atoms with Crippen molar-refractivity contribution < 1.29 is 9.21 Å². The van der Waals surface area contributed by atoms with Gasteiger partial charge in [0.2, 0.25) is 11.7 Å². The standard InChI is InChI=1S/C25H26N4O2S/c1-3-28(4-2)24(30)22(20-14-9-6-10-15-20)32-25-27-26-23(21-16-11-17-31-21)29(25)18-19-12-7-5-8-13-19/h5-17,22H,3-4,18H2,1-2H3/t22-/m0/s1. The SMILES string of the molecule is CCN(CC)C(=O)[C@@H](Sc1nnc(-c2ccco2)n1Cc1ccccc1)c1ccccc1. The molecule has 0 fully saturated rings. The fourth-order valence-electron chi connectivity index (χ4n) is 3.57. The number of aromatic nitrogens is 3. The lowest BCUT2D eigenvalue weighted by atomic mass is 10.1. The topological polar surface area (TPSA) is 64.2 Å². The van der Waals surface area contributed by atoms with Gasteiger partial charge in [0.05, 0.1) is 12.8 Å². The Hall–Kier alpha value is -3.32. The lowest BCUT2D eigenvalue weighted by molar-refractivity contribution is -0.130. The lowest BCUT2D eigenvalue weighted by Gasteiger charge is -2.25. The third kappa shape index (κ3) is 4.78. The molecule has 4 rings (SSSR count). The highest BCUT2D eigenvalue weighted by atomic mass is 32.2. The second-order valence-corrected chi connectivity index (χ2v) is 8.35. The zero-order chi connectivity index (χ0) is 22.3. The van der Waals surface area contributed by atoms with Gasteiger partial charge < -0.3 is 9.32 Å². The Morgan fingerprint density at radius 2 is 1.66 bits per heavy atom. The summed E-state index contributed by atoms with van der Waals surface area (Å²) in [6.45, 7) is 5.90. The molecule has 0 bridgehead atoms. The second kappa shape index (κ2) is 10.3. The molecule has 1 amide bonds. The van der Waals surface area contributed by atoms with E-state index in [2.05, 4.69) is 22.3 Å². The van der Waals surface area contributed by atoms with Crippen molar-refractivity contribution in [3.8, 4) is 11.6 Å². The summed E-state index contributed by atoms with van der Waals surface area (Å²) in [7, 11) is 0. The minimum Gasteiger partial charge on any atom is -0.461 e. The maximum atomic E-state index is 13.4. The van der Waals surface area contributed by atoms with Crippen molar-refractivity contribution in [3.63, 3.8) is 0 Å². The number of hydrogen-bond donors (Lipinski definition) is 0. The summed E-state index contributed by atoms with van der Waals surface area (Å²) in [5.41, 5.74) is 2.07. The van der Waals surface area contributed by atoms with Crippen LogP contribution in [0.5, 0.6) is 0 Å². The fraction of sp³-hybridized carbons (Fsp3) is 0.240. The normalized spacial score (nSPS) is 11.9. The van der Waals surface area contributed by atoms with Crippen LogP contribution < -0.4 is 0 Å². The quantitative estimate of drug-likeness (QED) is 0.327. The molecule has 32 heavy (non-hydrogen) atoms. The first-order valence-electron chi connectivity index (χ1n) is 10.7. The van der Waals surface area contributed by atoms with Crippen LogP contribution in [0.3, 0.4) is 0 Å². The van der Waals surface area contributed by atoms with E-state index in [1.54, 1.807) is 6.26 Å². The molecule has 164 valence electrons. The van der Waals surface area contributed by atoms with Crippen molar-refractivity contribution in [2.24, 2.45) is 0 Å². The molecule has 0 aliphatic rings. The zero-order valence-electron chi connectivity index (χ0n) is 18.2. The molecule has 0 aliphatic heterocycles. The Morgan fingerprint density at radius 1 is 0.969 bits per heavy atom. The summed E-state index contributed by atoms with van der Waals surface area (Å²) < 4.78 is 7.63. The molecule has 0 radical (unpaired) electrons. The number of likely N-dealkylation sites (N-methyl/N-ethyl adjacent to an activating group) is 1. The average molecular weight is 447 g/mol. The van der Waals surface area contributed by atoms with Gasteiger partial charge in [-0.15, -0.1) is 10.2 Å². The van der Waals surface area contributed by atoms with Crippen molar-refractivity contribution in [3.05, 3.63) is 90.2 Å². The van der Waals surface area contributed by atoms with Crippen LogP contribution in [0.15, 0.2) is 88.6 Å². The molecular weight excluding hydrogens is 420 g/mol. The molecule has 0 saturated carbocycles. The van der Waals surface area contributed by atoms with Crippen LogP contribution in [0.2, 0.25) is 0 Å². The predicted molar refractivity (Wildman–Crippen MR) is 126 cm³/mol. The summed E-state index contributed by atoms with van der Waals surface area (Å²) in [5, 5.41) is 9.15. The molecule has 6 nitrogen and oxygen atoms in total. The Kier molecular flexibility index (Phi) is 7.07. The Labute approximate surface area is 192 Å². The number of furan rings is 1. The van der Waals surface area contributed by atoms with Crippen molar-refractivity contribution in [1.29, 1.82) is 0 Å². The van der Waals surface area contributed by atoms with E-state index in [4.69, 9.17) is 4.42 Å². The fourth-order valence-corrected chi connectivity index (χ4v) is 4.69. The van der Waals surface area contributed by atoms with E-state index in [9.17, 15) is 4.79 Å². The lowest BCUT2D eigenvalue weighted by Crippen LogP contribution is -2.34. The van der Waals surface area contributed by atoms with Gasteiger partial charge in [0, 0.05) is 13.1 Å². The van der Waals surface area contributed by atoms with E-state index in [1.807, 2.05) is 84.0 Å². The van der Waals surface area contributed by atoms with Gasteiger partial charge in [-0.2, -0.15) is 0 Å². The summed E-state index contributed by atoms with van der Waals surface area (Å²) in [6, 6.07) is 23.7. The van der Waals surface area contributed by atoms with Crippen LogP contribution in [0.4, 0.5) is 0 Å². The van der Waals surface area contributed by atoms with Gasteiger partial charge in [-0.3, -0.25) is 9.36 Å². The molecule has 2 heterocycles. The highest BCUT2D eigenvalue weighted by molar-refractivity contribution is 8.00. The van der Waals surface area contributed by atoms with Gasteiger partial charge >= 0.3 is 0 Å². The van der Waals surface area contributed by atoms with Crippen LogP contribution >= 0.6 is 11.8 Å². The number of carbonyl (C=O) groups is 1. The molecule has 0 spiro atoms. The van der Waals surface area contributed by atoms with Crippen LogP contribution in [-0.2, 0) is 11.3 Å². The van der Waals surface area contributed by atoms with E-state index in [1.165, 1.54) is 11.8 Å². The summed E-state index contributed by atoms with van der Waals surface area (Å²) >= 11 is 1.43. The minimum atomic E-state index is -0.417. The van der Waals surface area contributed by atoms with Gasteiger partial charge in [-0.05, 0) is 37.1 Å². The average Bonchev–Trinajstić information content (AvgIpc) is 3.50. The van der Waals surface area contributed by atoms with E-state index in [-0.39, 0.29) is 5.91 Å². The number of carbonyl (C=O) groups excluding carboxylic acids is 1. The van der Waals surface area contributed by atoms with Gasteiger partial charge in [0.1, 0.15) is 5.25 Å². The Bertz CT molecular complexity index is 1120. The van der Waals surface area contributed by atoms with Crippen molar-refractivity contribution >= 4 is 17.7 Å². The van der Waals surface area contributed by atoms with Crippen LogP contribution in [0, 0.1) is 0 Å². The van der Waals surface area contributed by atoms with Crippen LogP contribution in [0.25, 0.3) is 11.6 Å². The summed E-state index contributed by atoms with van der Waals surface area (Å²) in [4.78, 5) is 15.3. The van der Waals surface area contributed by atoms with E-state index < -0.39 is 5.25 Å². The predicted octanol–water partition coefficient (Wildman–Crippen LogP) is 5.29. The summed E-state index contributed by atoms with van der Waals surface area (Å²) in [5.74, 6) is 1.36. The minimum absolute atomic E-state index is 0.0695. The van der Waals surface area contributed by atoms with Crippen molar-refractivity contribution in [1.82, 2.24) is 19.7 Å². The van der Waals surface area contributed by atoms with E-state index in [0.717, 1.165) is 11.1 Å². The number of rotatable bonds is 9. The molecule has 1 atom stereocenters. The molecule has 0 unspecified atom stereocenters. The molecule has 4 aromatic rings. The molecule has 2 aromatic heterocycles. The maximum Gasteiger partial charge on any atom is 0.240 e. The highest BCUT2D eigenvalue weighted by Crippen LogP contribution is 2.37. The number of thioether (sulfide) groups is 1. The maximum absolute atomic E-state index is 13.4. The highest BCUT2D eigenvalue weighted by Gasteiger charge is 2.29. The first kappa shape index (κ1) is 21.9.